The maximum Gasteiger partial charge on any atom is 0.123 e. The Hall–Kier alpha value is -0.710. The topological polar surface area (TPSA) is 24.9 Å². The molecule has 19 heavy (non-hydrogen) atoms. The van der Waals surface area contributed by atoms with Crippen molar-refractivity contribution in [1.29, 1.82) is 0 Å². The molecule has 0 amide bonds. The molecular weight excluding hydrogens is 320 g/mol. The molecule has 0 fully saturated rings. The highest BCUT2D eigenvalue weighted by molar-refractivity contribution is 9.10. The normalized spacial score (nSPS) is 11.8. The van der Waals surface area contributed by atoms with Gasteiger partial charge in [-0.05, 0) is 39.3 Å². The number of rotatable bonds is 3. The van der Waals surface area contributed by atoms with Crippen molar-refractivity contribution >= 4 is 27.3 Å². The largest absolute Gasteiger partial charge is 0.307 e. The third-order valence-electron chi connectivity index (χ3n) is 2.77. The molecule has 0 aliphatic rings. The van der Waals surface area contributed by atoms with E-state index in [1.807, 2.05) is 6.20 Å². The molecule has 1 N–H and O–H groups in total. The van der Waals surface area contributed by atoms with Crippen LogP contribution in [0.3, 0.4) is 0 Å². The zero-order chi connectivity index (χ0) is 14.0. The molecular formula is C15H19BrN2S. The zero-order valence-corrected chi connectivity index (χ0v) is 14.2. The number of nitrogens with zero attached hydrogens (tertiary/aromatic N) is 1. The molecule has 2 aromatic rings. The highest BCUT2D eigenvalue weighted by atomic mass is 79.9. The van der Waals surface area contributed by atoms with Crippen LogP contribution in [0.1, 0.15) is 31.2 Å². The van der Waals surface area contributed by atoms with E-state index in [1.165, 1.54) is 16.0 Å². The fourth-order valence-electron chi connectivity index (χ4n) is 1.60. The van der Waals surface area contributed by atoms with Gasteiger partial charge in [-0.1, -0.05) is 28.1 Å². The van der Waals surface area contributed by atoms with Gasteiger partial charge in [0, 0.05) is 33.2 Å². The van der Waals surface area contributed by atoms with Crippen molar-refractivity contribution in [2.45, 2.75) is 39.8 Å². The Bertz CT molecular complexity index is 570. The van der Waals surface area contributed by atoms with Crippen LogP contribution in [-0.2, 0) is 6.54 Å². The lowest BCUT2D eigenvalue weighted by atomic mass is 10.1. The van der Waals surface area contributed by atoms with Gasteiger partial charge in [-0.15, -0.1) is 11.3 Å². The highest BCUT2D eigenvalue weighted by Crippen LogP contribution is 2.29. The summed E-state index contributed by atoms with van der Waals surface area (Å²) in [5.41, 5.74) is 2.55. The molecule has 0 saturated carbocycles. The van der Waals surface area contributed by atoms with Gasteiger partial charge in [0.2, 0.25) is 0 Å². The Morgan fingerprint density at radius 1 is 1.32 bits per heavy atom. The van der Waals surface area contributed by atoms with E-state index in [2.05, 4.69) is 72.1 Å². The van der Waals surface area contributed by atoms with Gasteiger partial charge in [0.15, 0.2) is 0 Å². The molecule has 1 aromatic heterocycles. The van der Waals surface area contributed by atoms with Crippen molar-refractivity contribution < 1.29 is 0 Å². The van der Waals surface area contributed by atoms with Crippen LogP contribution in [0.25, 0.3) is 10.6 Å². The second-order valence-corrected chi connectivity index (χ2v) is 7.67. The van der Waals surface area contributed by atoms with Crippen LogP contribution in [0.5, 0.6) is 0 Å². The maximum absolute atomic E-state index is 4.52. The maximum atomic E-state index is 4.52. The van der Waals surface area contributed by atoms with Gasteiger partial charge in [0.1, 0.15) is 5.01 Å². The molecule has 102 valence electrons. The van der Waals surface area contributed by atoms with E-state index in [4.69, 9.17) is 0 Å². The Balaban J connectivity index is 2.14. The summed E-state index contributed by atoms with van der Waals surface area (Å²) < 4.78 is 1.13. The summed E-state index contributed by atoms with van der Waals surface area (Å²) in [6.07, 6.45) is 1.96. The van der Waals surface area contributed by atoms with E-state index in [-0.39, 0.29) is 5.54 Å². The minimum absolute atomic E-state index is 0.136. The van der Waals surface area contributed by atoms with Crippen LogP contribution in [0, 0.1) is 6.92 Å². The van der Waals surface area contributed by atoms with Crippen molar-refractivity contribution in [3.63, 3.8) is 0 Å². The molecule has 0 aliphatic carbocycles. The highest BCUT2D eigenvalue weighted by Gasteiger charge is 2.11. The monoisotopic (exact) mass is 338 g/mol. The quantitative estimate of drug-likeness (QED) is 0.871. The van der Waals surface area contributed by atoms with Crippen LogP contribution in [-0.4, -0.2) is 10.5 Å². The molecule has 2 nitrogen and oxygen atoms in total. The number of nitrogens with one attached hydrogen (secondary N) is 1. The van der Waals surface area contributed by atoms with Crippen molar-refractivity contribution in [3.8, 4) is 10.6 Å². The number of aryl methyl sites for hydroxylation is 1. The summed E-state index contributed by atoms with van der Waals surface area (Å²) in [7, 11) is 0. The number of halogens is 1. The molecule has 0 bridgehead atoms. The minimum atomic E-state index is 0.136. The molecule has 0 radical (unpaired) electrons. The molecule has 0 aliphatic heterocycles. The lowest BCUT2D eigenvalue weighted by Gasteiger charge is -2.19. The van der Waals surface area contributed by atoms with E-state index in [0.717, 1.165) is 16.0 Å². The first-order valence-corrected chi connectivity index (χ1v) is 7.92. The SMILES string of the molecule is Cc1ccc(-c2ncc(CNC(C)(C)C)s2)cc1Br. The molecule has 0 spiro atoms. The summed E-state index contributed by atoms with van der Waals surface area (Å²) in [5.74, 6) is 0. The van der Waals surface area contributed by atoms with Crippen molar-refractivity contribution in [2.24, 2.45) is 0 Å². The Morgan fingerprint density at radius 2 is 2.05 bits per heavy atom. The third kappa shape index (κ3) is 4.13. The van der Waals surface area contributed by atoms with Crippen molar-refractivity contribution in [1.82, 2.24) is 10.3 Å². The Morgan fingerprint density at radius 3 is 2.68 bits per heavy atom. The van der Waals surface area contributed by atoms with Gasteiger partial charge >= 0.3 is 0 Å². The van der Waals surface area contributed by atoms with Crippen LogP contribution in [0.4, 0.5) is 0 Å². The van der Waals surface area contributed by atoms with Crippen LogP contribution < -0.4 is 5.32 Å². The van der Waals surface area contributed by atoms with Gasteiger partial charge in [-0.2, -0.15) is 0 Å². The fraction of sp³-hybridized carbons (Fsp3) is 0.400. The van der Waals surface area contributed by atoms with Crippen LogP contribution >= 0.6 is 27.3 Å². The van der Waals surface area contributed by atoms with E-state index in [0.29, 0.717) is 0 Å². The van der Waals surface area contributed by atoms with Gasteiger partial charge in [0.05, 0.1) is 0 Å². The molecule has 0 atom stereocenters. The van der Waals surface area contributed by atoms with Gasteiger partial charge in [-0.3, -0.25) is 0 Å². The first kappa shape index (κ1) is 14.7. The first-order chi connectivity index (χ1) is 8.85. The van der Waals surface area contributed by atoms with Crippen LogP contribution in [0.15, 0.2) is 28.9 Å². The molecule has 2 rings (SSSR count). The predicted octanol–water partition coefficient (Wildman–Crippen LogP) is 4.77. The summed E-state index contributed by atoms with van der Waals surface area (Å²) in [6.45, 7) is 9.48. The second-order valence-electron chi connectivity index (χ2n) is 5.70. The summed E-state index contributed by atoms with van der Waals surface area (Å²) >= 11 is 5.32. The Labute approximate surface area is 127 Å². The summed E-state index contributed by atoms with van der Waals surface area (Å²) in [4.78, 5) is 5.78. The van der Waals surface area contributed by atoms with Gasteiger partial charge in [-0.25, -0.2) is 4.98 Å². The lowest BCUT2D eigenvalue weighted by molar-refractivity contribution is 0.426. The second kappa shape index (κ2) is 5.73. The van der Waals surface area contributed by atoms with Crippen molar-refractivity contribution in [2.75, 3.05) is 0 Å². The third-order valence-corrected chi connectivity index (χ3v) is 4.67. The smallest absolute Gasteiger partial charge is 0.123 e. The number of hydrogen-bond donors (Lipinski definition) is 1. The van der Waals surface area contributed by atoms with E-state index in [9.17, 15) is 0 Å². The molecule has 0 unspecified atom stereocenters. The van der Waals surface area contributed by atoms with Crippen molar-refractivity contribution in [3.05, 3.63) is 39.3 Å². The van der Waals surface area contributed by atoms with Gasteiger partial charge < -0.3 is 5.32 Å². The van der Waals surface area contributed by atoms with Crippen LogP contribution in [0.2, 0.25) is 0 Å². The number of aromatic nitrogens is 1. The fourth-order valence-corrected chi connectivity index (χ4v) is 2.83. The average molecular weight is 339 g/mol. The molecule has 1 heterocycles. The van der Waals surface area contributed by atoms with Gasteiger partial charge in [0.25, 0.3) is 0 Å². The molecule has 4 heteroatoms. The number of thiazole rings is 1. The van der Waals surface area contributed by atoms with E-state index in [1.54, 1.807) is 11.3 Å². The standard InChI is InChI=1S/C15H19BrN2S/c1-10-5-6-11(7-13(10)16)14-17-8-12(19-14)9-18-15(2,3)4/h5-8,18H,9H2,1-4H3. The summed E-state index contributed by atoms with van der Waals surface area (Å²) in [6, 6.07) is 6.38. The molecule has 1 aromatic carbocycles. The Kier molecular flexibility index (Phi) is 4.43. The minimum Gasteiger partial charge on any atom is -0.307 e. The number of benzene rings is 1. The lowest BCUT2D eigenvalue weighted by Crippen LogP contribution is -2.34. The first-order valence-electron chi connectivity index (χ1n) is 6.31. The average Bonchev–Trinajstić information content (AvgIpc) is 2.78. The van der Waals surface area contributed by atoms with E-state index < -0.39 is 0 Å². The predicted molar refractivity (Wildman–Crippen MR) is 86.6 cm³/mol. The van der Waals surface area contributed by atoms with E-state index >= 15 is 0 Å². The number of hydrogen-bond acceptors (Lipinski definition) is 3. The zero-order valence-electron chi connectivity index (χ0n) is 11.7. The summed E-state index contributed by atoms with van der Waals surface area (Å²) in [5, 5.41) is 4.56. The molecule has 0 saturated heterocycles.